The van der Waals surface area contributed by atoms with Gasteiger partial charge >= 0.3 is 5.97 Å². The molecule has 1 saturated carbocycles. The van der Waals surface area contributed by atoms with Gasteiger partial charge in [-0.25, -0.2) is 24.1 Å². The Labute approximate surface area is 127 Å². The van der Waals surface area contributed by atoms with Gasteiger partial charge in [0.2, 0.25) is 0 Å². The van der Waals surface area contributed by atoms with Gasteiger partial charge in [-0.3, -0.25) is 0 Å². The monoisotopic (exact) mass is 301 g/mol. The van der Waals surface area contributed by atoms with Gasteiger partial charge in [-0.2, -0.15) is 0 Å². The third-order valence-electron chi connectivity index (χ3n) is 3.49. The molecule has 1 aliphatic rings. The normalized spacial score (nSPS) is 13.9. The Morgan fingerprint density at radius 1 is 1.27 bits per heavy atom. The average molecular weight is 301 g/mol. The van der Waals surface area contributed by atoms with E-state index in [-0.39, 0.29) is 12.3 Å². The molecular formula is C16H16FN3O2. The van der Waals surface area contributed by atoms with E-state index in [1.54, 1.807) is 25.4 Å². The first-order valence-corrected chi connectivity index (χ1v) is 7.27. The number of rotatable bonds is 5. The summed E-state index contributed by atoms with van der Waals surface area (Å²) >= 11 is 0. The molecule has 2 aromatic heterocycles. The smallest absolute Gasteiger partial charge is 0.357 e. The maximum atomic E-state index is 12.9. The number of alkyl halides is 1. The SMILES string of the molecule is CCOC(=O)c1ncc(CF)cc1-c1cnc(C2CC2)nc1. The van der Waals surface area contributed by atoms with Crippen LogP contribution in [0.3, 0.4) is 0 Å². The minimum absolute atomic E-state index is 0.154. The van der Waals surface area contributed by atoms with Crippen molar-refractivity contribution < 1.29 is 13.9 Å². The largest absolute Gasteiger partial charge is 0.461 e. The van der Waals surface area contributed by atoms with Crippen molar-refractivity contribution in [2.24, 2.45) is 0 Å². The molecule has 1 aliphatic carbocycles. The minimum atomic E-state index is -0.649. The Morgan fingerprint density at radius 3 is 2.59 bits per heavy atom. The van der Waals surface area contributed by atoms with Crippen molar-refractivity contribution in [1.29, 1.82) is 0 Å². The number of aromatic nitrogens is 3. The number of hydrogen-bond donors (Lipinski definition) is 0. The van der Waals surface area contributed by atoms with Crippen LogP contribution in [0.25, 0.3) is 11.1 Å². The van der Waals surface area contributed by atoms with Crippen molar-refractivity contribution >= 4 is 5.97 Å². The molecule has 0 saturated heterocycles. The van der Waals surface area contributed by atoms with Crippen LogP contribution in [0.1, 0.15) is 47.6 Å². The summed E-state index contributed by atoms with van der Waals surface area (Å²) in [5, 5.41) is 0. The molecule has 0 spiro atoms. The Bertz CT molecular complexity index is 684. The molecule has 0 bridgehead atoms. The first kappa shape index (κ1) is 14.6. The minimum Gasteiger partial charge on any atom is -0.461 e. The Hall–Kier alpha value is -2.37. The van der Waals surface area contributed by atoms with E-state index in [0.29, 0.717) is 22.6 Å². The van der Waals surface area contributed by atoms with Crippen LogP contribution in [0.2, 0.25) is 0 Å². The molecule has 0 aliphatic heterocycles. The summed E-state index contributed by atoms with van der Waals surface area (Å²) in [7, 11) is 0. The molecule has 0 atom stereocenters. The number of nitrogens with zero attached hydrogens (tertiary/aromatic N) is 3. The maximum Gasteiger partial charge on any atom is 0.357 e. The highest BCUT2D eigenvalue weighted by atomic mass is 19.1. The average Bonchev–Trinajstić information content (AvgIpc) is 3.39. The lowest BCUT2D eigenvalue weighted by atomic mass is 10.1. The first-order chi connectivity index (χ1) is 10.7. The van der Waals surface area contributed by atoms with E-state index >= 15 is 0 Å². The fraction of sp³-hybridized carbons (Fsp3) is 0.375. The van der Waals surface area contributed by atoms with Gasteiger partial charge in [-0.1, -0.05) is 0 Å². The standard InChI is InChI=1S/C16H16FN3O2/c1-2-22-16(21)14-13(5-10(6-17)7-18-14)12-8-19-15(20-9-12)11-3-4-11/h5,7-9,11H,2-4,6H2,1H3. The first-order valence-electron chi connectivity index (χ1n) is 7.27. The Balaban J connectivity index is 2.00. The summed E-state index contributed by atoms with van der Waals surface area (Å²) in [5.74, 6) is 0.735. The lowest BCUT2D eigenvalue weighted by molar-refractivity contribution is 0.0520. The maximum absolute atomic E-state index is 12.9. The molecule has 5 nitrogen and oxygen atoms in total. The summed E-state index contributed by atoms with van der Waals surface area (Å²) in [4.78, 5) is 24.7. The molecule has 2 heterocycles. The zero-order valence-corrected chi connectivity index (χ0v) is 12.3. The summed E-state index contributed by atoms with van der Waals surface area (Å²) < 4.78 is 17.9. The lowest BCUT2D eigenvalue weighted by Gasteiger charge is -2.09. The van der Waals surface area contributed by atoms with Crippen LogP contribution in [-0.4, -0.2) is 27.5 Å². The van der Waals surface area contributed by atoms with Crippen LogP contribution in [0, 0.1) is 0 Å². The number of halogens is 1. The predicted molar refractivity (Wildman–Crippen MR) is 78.0 cm³/mol. The van der Waals surface area contributed by atoms with Gasteiger partial charge in [0, 0.05) is 41.2 Å². The van der Waals surface area contributed by atoms with Crippen molar-refractivity contribution in [1.82, 2.24) is 15.0 Å². The molecule has 1 fully saturated rings. The molecule has 22 heavy (non-hydrogen) atoms. The summed E-state index contributed by atoms with van der Waals surface area (Å²) in [5.41, 5.74) is 1.68. The van der Waals surface area contributed by atoms with E-state index in [2.05, 4.69) is 15.0 Å². The van der Waals surface area contributed by atoms with Gasteiger partial charge < -0.3 is 4.74 Å². The van der Waals surface area contributed by atoms with Gasteiger partial charge in [0.25, 0.3) is 0 Å². The Morgan fingerprint density at radius 2 is 2.00 bits per heavy atom. The van der Waals surface area contributed by atoms with Crippen LogP contribution in [-0.2, 0) is 11.4 Å². The van der Waals surface area contributed by atoms with E-state index in [1.807, 2.05) is 0 Å². The van der Waals surface area contributed by atoms with Crippen molar-refractivity contribution in [2.75, 3.05) is 6.61 Å². The molecule has 0 amide bonds. The molecule has 0 radical (unpaired) electrons. The van der Waals surface area contributed by atoms with Crippen LogP contribution in [0.15, 0.2) is 24.7 Å². The van der Waals surface area contributed by atoms with E-state index in [4.69, 9.17) is 4.74 Å². The van der Waals surface area contributed by atoms with Crippen molar-refractivity contribution in [3.05, 3.63) is 41.7 Å². The lowest BCUT2D eigenvalue weighted by Crippen LogP contribution is -2.10. The second kappa shape index (κ2) is 6.17. The number of esters is 1. The highest BCUT2D eigenvalue weighted by Crippen LogP contribution is 2.38. The zero-order valence-electron chi connectivity index (χ0n) is 12.3. The fourth-order valence-electron chi connectivity index (χ4n) is 2.19. The number of hydrogen-bond acceptors (Lipinski definition) is 5. The third-order valence-corrected chi connectivity index (χ3v) is 3.49. The predicted octanol–water partition coefficient (Wildman–Crippen LogP) is 3.06. The molecule has 0 aromatic carbocycles. The molecular weight excluding hydrogens is 285 g/mol. The summed E-state index contributed by atoms with van der Waals surface area (Å²) in [6, 6.07) is 1.59. The van der Waals surface area contributed by atoms with Crippen LogP contribution < -0.4 is 0 Å². The quantitative estimate of drug-likeness (QED) is 0.794. The van der Waals surface area contributed by atoms with E-state index < -0.39 is 12.6 Å². The van der Waals surface area contributed by atoms with Crippen LogP contribution >= 0.6 is 0 Å². The van der Waals surface area contributed by atoms with E-state index in [9.17, 15) is 9.18 Å². The van der Waals surface area contributed by atoms with Gasteiger partial charge in [0.1, 0.15) is 12.5 Å². The second-order valence-corrected chi connectivity index (χ2v) is 5.20. The highest BCUT2D eigenvalue weighted by molar-refractivity contribution is 5.95. The van der Waals surface area contributed by atoms with Gasteiger partial charge in [0.15, 0.2) is 5.69 Å². The van der Waals surface area contributed by atoms with E-state index in [0.717, 1.165) is 18.7 Å². The highest BCUT2D eigenvalue weighted by Gasteiger charge is 2.26. The molecule has 2 aromatic rings. The van der Waals surface area contributed by atoms with Crippen LogP contribution in [0.4, 0.5) is 4.39 Å². The fourth-order valence-corrected chi connectivity index (χ4v) is 2.19. The molecule has 114 valence electrons. The van der Waals surface area contributed by atoms with Crippen LogP contribution in [0.5, 0.6) is 0 Å². The molecule has 0 N–H and O–H groups in total. The Kier molecular flexibility index (Phi) is 4.09. The van der Waals surface area contributed by atoms with Crippen molar-refractivity contribution in [3.8, 4) is 11.1 Å². The molecule has 0 unspecified atom stereocenters. The topological polar surface area (TPSA) is 65.0 Å². The zero-order chi connectivity index (χ0) is 15.5. The van der Waals surface area contributed by atoms with E-state index in [1.165, 1.54) is 6.20 Å². The van der Waals surface area contributed by atoms with Gasteiger partial charge in [-0.15, -0.1) is 0 Å². The summed E-state index contributed by atoms with van der Waals surface area (Å²) in [6.07, 6.45) is 6.89. The molecule has 3 rings (SSSR count). The number of carbonyl (C=O) groups excluding carboxylic acids is 1. The van der Waals surface area contributed by atoms with Crippen molar-refractivity contribution in [2.45, 2.75) is 32.4 Å². The second-order valence-electron chi connectivity index (χ2n) is 5.20. The number of ether oxygens (including phenoxy) is 1. The van der Waals surface area contributed by atoms with Gasteiger partial charge in [-0.05, 0) is 25.8 Å². The number of pyridine rings is 1. The number of carbonyl (C=O) groups is 1. The molecule has 6 heteroatoms. The van der Waals surface area contributed by atoms with Gasteiger partial charge in [0.05, 0.1) is 6.61 Å². The summed E-state index contributed by atoms with van der Waals surface area (Å²) in [6.45, 7) is 1.33. The van der Waals surface area contributed by atoms with Crippen molar-refractivity contribution in [3.63, 3.8) is 0 Å². The third kappa shape index (κ3) is 2.95.